The zero-order valence-corrected chi connectivity index (χ0v) is 12.8. The summed E-state index contributed by atoms with van der Waals surface area (Å²) in [7, 11) is 0. The van der Waals surface area contributed by atoms with E-state index < -0.39 is 17.2 Å². The third kappa shape index (κ3) is 4.54. The molecule has 0 aliphatic carbocycles. The summed E-state index contributed by atoms with van der Waals surface area (Å²) in [5.74, 6) is 0.262. The molecule has 0 heterocycles. The van der Waals surface area contributed by atoms with Crippen LogP contribution in [0.3, 0.4) is 0 Å². The molecular formula is C17H17NO5. The Labute approximate surface area is 133 Å². The number of carbonyl (C=O) groups excluding carboxylic acids is 1. The average Bonchev–Trinajstić information content (AvgIpc) is 2.53. The van der Waals surface area contributed by atoms with Crippen molar-refractivity contribution in [2.45, 2.75) is 20.0 Å². The summed E-state index contributed by atoms with van der Waals surface area (Å²) in [5.41, 5.74) is 0.804. The van der Waals surface area contributed by atoms with Gasteiger partial charge < -0.3 is 9.47 Å². The molecule has 23 heavy (non-hydrogen) atoms. The quantitative estimate of drug-likeness (QED) is 0.351. The zero-order chi connectivity index (χ0) is 16.8. The molecule has 0 amide bonds. The number of carbonyl (C=O) groups is 1. The van der Waals surface area contributed by atoms with E-state index in [9.17, 15) is 14.9 Å². The zero-order valence-electron chi connectivity index (χ0n) is 12.8. The summed E-state index contributed by atoms with van der Waals surface area (Å²) in [6, 6.07) is 14.6. The molecule has 2 aromatic carbocycles. The fourth-order valence-corrected chi connectivity index (χ4v) is 2.09. The van der Waals surface area contributed by atoms with Crippen LogP contribution in [0.4, 0.5) is 10.5 Å². The second-order valence-corrected chi connectivity index (χ2v) is 5.30. The Balaban J connectivity index is 2.03. The van der Waals surface area contributed by atoms with Gasteiger partial charge >= 0.3 is 6.16 Å². The molecule has 0 spiro atoms. The van der Waals surface area contributed by atoms with E-state index >= 15 is 0 Å². The molecule has 0 N–H and O–H groups in total. The summed E-state index contributed by atoms with van der Waals surface area (Å²) < 4.78 is 10.5. The summed E-state index contributed by atoms with van der Waals surface area (Å²) in [6.07, 6.45) is -1.27. The first-order valence-electron chi connectivity index (χ1n) is 7.15. The highest BCUT2D eigenvalue weighted by atomic mass is 16.7. The summed E-state index contributed by atoms with van der Waals surface area (Å²) in [5, 5.41) is 10.6. The second-order valence-electron chi connectivity index (χ2n) is 5.30. The van der Waals surface area contributed by atoms with Gasteiger partial charge in [0.25, 0.3) is 5.69 Å². The van der Waals surface area contributed by atoms with E-state index in [4.69, 9.17) is 9.47 Å². The second kappa shape index (κ2) is 7.40. The van der Waals surface area contributed by atoms with Gasteiger partial charge in [-0.1, -0.05) is 44.2 Å². The summed E-state index contributed by atoms with van der Waals surface area (Å²) in [6.45, 7) is 3.88. The molecule has 0 aliphatic rings. The predicted molar refractivity (Wildman–Crippen MR) is 84.2 cm³/mol. The van der Waals surface area contributed by atoms with Crippen molar-refractivity contribution < 1.29 is 19.2 Å². The van der Waals surface area contributed by atoms with Crippen LogP contribution in [-0.4, -0.2) is 11.1 Å². The largest absolute Gasteiger partial charge is 0.514 e. The molecule has 6 nitrogen and oxygen atoms in total. The van der Waals surface area contributed by atoms with Gasteiger partial charge in [-0.25, -0.2) is 4.79 Å². The molecule has 2 rings (SSSR count). The van der Waals surface area contributed by atoms with Crippen molar-refractivity contribution in [3.05, 3.63) is 70.3 Å². The van der Waals surface area contributed by atoms with E-state index in [0.717, 1.165) is 5.56 Å². The standard InChI is InChI=1S/C17H17NO5/c1-12(2)16(13-6-4-3-5-7-13)23-17(19)22-15-10-8-14(9-11-15)18(20)21/h3-12,16H,1-2H3/t16-/m1/s1. The van der Waals surface area contributed by atoms with Crippen LogP contribution in [0.1, 0.15) is 25.5 Å². The van der Waals surface area contributed by atoms with E-state index in [0.29, 0.717) is 0 Å². The molecule has 0 saturated heterocycles. The molecule has 0 aromatic heterocycles. The Kier molecular flexibility index (Phi) is 5.30. The van der Waals surface area contributed by atoms with Crippen LogP contribution in [0.15, 0.2) is 54.6 Å². The fraction of sp³-hybridized carbons (Fsp3) is 0.235. The first-order chi connectivity index (χ1) is 11.0. The molecule has 0 saturated carbocycles. The van der Waals surface area contributed by atoms with Gasteiger partial charge in [-0.05, 0) is 23.6 Å². The maximum Gasteiger partial charge on any atom is 0.514 e. The van der Waals surface area contributed by atoms with Gasteiger partial charge in [0.05, 0.1) is 4.92 Å². The average molecular weight is 315 g/mol. The van der Waals surface area contributed by atoms with E-state index in [1.165, 1.54) is 24.3 Å². The molecular weight excluding hydrogens is 298 g/mol. The lowest BCUT2D eigenvalue weighted by Crippen LogP contribution is -2.19. The van der Waals surface area contributed by atoms with Gasteiger partial charge in [-0.3, -0.25) is 10.1 Å². The van der Waals surface area contributed by atoms with E-state index in [1.807, 2.05) is 44.2 Å². The van der Waals surface area contributed by atoms with E-state index in [1.54, 1.807) is 0 Å². The SMILES string of the molecule is CC(C)[C@@H](OC(=O)Oc1ccc([N+](=O)[O-])cc1)c1ccccc1. The Morgan fingerprint density at radius 3 is 2.17 bits per heavy atom. The Morgan fingerprint density at radius 1 is 1.04 bits per heavy atom. The van der Waals surface area contributed by atoms with Crippen molar-refractivity contribution in [1.29, 1.82) is 0 Å². The third-order valence-electron chi connectivity index (χ3n) is 3.21. The van der Waals surface area contributed by atoms with Crippen LogP contribution in [0.5, 0.6) is 5.75 Å². The smallest absolute Gasteiger partial charge is 0.426 e. The minimum absolute atomic E-state index is 0.0711. The number of nitro benzene ring substituents is 1. The van der Waals surface area contributed by atoms with Gasteiger partial charge in [0, 0.05) is 12.1 Å². The van der Waals surface area contributed by atoms with Crippen LogP contribution in [0.25, 0.3) is 0 Å². The van der Waals surface area contributed by atoms with E-state index in [-0.39, 0.29) is 17.4 Å². The monoisotopic (exact) mass is 315 g/mol. The van der Waals surface area contributed by atoms with Gasteiger partial charge in [0.2, 0.25) is 0 Å². The lowest BCUT2D eigenvalue weighted by atomic mass is 9.99. The Bertz CT molecular complexity index is 667. The number of nitrogens with zero attached hydrogens (tertiary/aromatic N) is 1. The molecule has 0 aliphatic heterocycles. The van der Waals surface area contributed by atoms with Crippen LogP contribution >= 0.6 is 0 Å². The molecule has 0 fully saturated rings. The van der Waals surface area contributed by atoms with Crippen LogP contribution in [-0.2, 0) is 4.74 Å². The van der Waals surface area contributed by atoms with Crippen molar-refractivity contribution in [1.82, 2.24) is 0 Å². The highest BCUT2D eigenvalue weighted by Gasteiger charge is 2.21. The van der Waals surface area contributed by atoms with E-state index in [2.05, 4.69) is 0 Å². The lowest BCUT2D eigenvalue weighted by Gasteiger charge is -2.21. The van der Waals surface area contributed by atoms with Crippen molar-refractivity contribution in [2.75, 3.05) is 0 Å². The lowest BCUT2D eigenvalue weighted by molar-refractivity contribution is -0.384. The summed E-state index contributed by atoms with van der Waals surface area (Å²) in [4.78, 5) is 22.0. The molecule has 0 unspecified atom stereocenters. The molecule has 1 atom stereocenters. The first-order valence-corrected chi connectivity index (χ1v) is 7.15. The molecule has 120 valence electrons. The van der Waals surface area contributed by atoms with Crippen molar-refractivity contribution in [3.8, 4) is 5.75 Å². The van der Waals surface area contributed by atoms with Crippen molar-refractivity contribution in [3.63, 3.8) is 0 Å². The number of benzene rings is 2. The number of hydrogen-bond donors (Lipinski definition) is 0. The van der Waals surface area contributed by atoms with Gasteiger partial charge in [0.1, 0.15) is 11.9 Å². The maximum atomic E-state index is 11.9. The highest BCUT2D eigenvalue weighted by Crippen LogP contribution is 2.26. The minimum atomic E-state index is -0.846. The number of ether oxygens (including phenoxy) is 2. The molecule has 2 aromatic rings. The van der Waals surface area contributed by atoms with Crippen molar-refractivity contribution >= 4 is 11.8 Å². The van der Waals surface area contributed by atoms with Crippen LogP contribution in [0, 0.1) is 16.0 Å². The van der Waals surface area contributed by atoms with Gasteiger partial charge in [-0.2, -0.15) is 0 Å². The molecule has 0 bridgehead atoms. The predicted octanol–water partition coefficient (Wildman–Crippen LogP) is 4.51. The van der Waals surface area contributed by atoms with Crippen LogP contribution in [0.2, 0.25) is 0 Å². The number of nitro groups is 1. The van der Waals surface area contributed by atoms with Crippen molar-refractivity contribution in [2.24, 2.45) is 5.92 Å². The highest BCUT2D eigenvalue weighted by molar-refractivity contribution is 5.64. The molecule has 6 heteroatoms. The van der Waals surface area contributed by atoms with Crippen LogP contribution < -0.4 is 4.74 Å². The molecule has 0 radical (unpaired) electrons. The number of hydrogen-bond acceptors (Lipinski definition) is 5. The fourth-order valence-electron chi connectivity index (χ4n) is 2.09. The number of rotatable bonds is 5. The minimum Gasteiger partial charge on any atom is -0.426 e. The topological polar surface area (TPSA) is 78.7 Å². The number of non-ortho nitro benzene ring substituents is 1. The Morgan fingerprint density at radius 2 is 1.65 bits per heavy atom. The normalized spacial score (nSPS) is 11.8. The van der Waals surface area contributed by atoms with Gasteiger partial charge in [-0.15, -0.1) is 0 Å². The Hall–Kier alpha value is -2.89. The third-order valence-corrected chi connectivity index (χ3v) is 3.21. The van der Waals surface area contributed by atoms with Gasteiger partial charge in [0.15, 0.2) is 0 Å². The maximum absolute atomic E-state index is 11.9. The first kappa shape index (κ1) is 16.5. The summed E-state index contributed by atoms with van der Waals surface area (Å²) >= 11 is 0.